The third kappa shape index (κ3) is 4.24. The lowest BCUT2D eigenvalue weighted by Gasteiger charge is -2.39. The van der Waals surface area contributed by atoms with Gasteiger partial charge in [0, 0.05) is 52.7 Å². The van der Waals surface area contributed by atoms with Crippen molar-refractivity contribution >= 4 is 23.2 Å². The lowest BCUT2D eigenvalue weighted by atomic mass is 9.83. The molecule has 0 aliphatic carbocycles. The molecule has 4 heterocycles. The maximum Gasteiger partial charge on any atom is 0.109 e. The number of halogens is 2. The Morgan fingerprint density at radius 3 is 2.44 bits per heavy atom. The van der Waals surface area contributed by atoms with Crippen molar-refractivity contribution in [1.29, 1.82) is 0 Å². The van der Waals surface area contributed by atoms with Crippen molar-refractivity contribution in [3.8, 4) is 11.1 Å². The van der Waals surface area contributed by atoms with Gasteiger partial charge >= 0.3 is 0 Å². The van der Waals surface area contributed by atoms with E-state index in [1.54, 1.807) is 6.07 Å². The van der Waals surface area contributed by atoms with Crippen LogP contribution in [0.5, 0.6) is 0 Å². The molecule has 0 saturated carbocycles. The van der Waals surface area contributed by atoms with E-state index in [-0.39, 0.29) is 11.7 Å². The molecule has 7 heteroatoms. The zero-order valence-electron chi connectivity index (χ0n) is 20.4. The van der Waals surface area contributed by atoms with Crippen molar-refractivity contribution in [2.75, 3.05) is 13.1 Å². The highest BCUT2D eigenvalue weighted by Gasteiger charge is 2.47. The van der Waals surface area contributed by atoms with Gasteiger partial charge in [-0.15, -0.1) is 0 Å². The minimum Gasteiger partial charge on any atom is -0.358 e. The number of aromatic nitrogens is 3. The first-order chi connectivity index (χ1) is 17.4. The number of hydrogen-bond acceptors (Lipinski definition) is 4. The highest BCUT2D eigenvalue weighted by atomic mass is 35.5. The van der Waals surface area contributed by atoms with Gasteiger partial charge < -0.3 is 4.74 Å². The highest BCUT2D eigenvalue weighted by Crippen LogP contribution is 2.51. The number of nitrogens with zero attached hydrogens (tertiary/aromatic N) is 3. The van der Waals surface area contributed by atoms with Gasteiger partial charge in [-0.3, -0.25) is 15.0 Å². The molecular weight excluding hydrogens is 491 g/mol. The summed E-state index contributed by atoms with van der Waals surface area (Å²) < 4.78 is 6.87. The first kappa shape index (κ1) is 23.7. The molecule has 0 radical (unpaired) electrons. The van der Waals surface area contributed by atoms with Gasteiger partial charge in [0.25, 0.3) is 0 Å². The van der Waals surface area contributed by atoms with Gasteiger partial charge in [-0.05, 0) is 67.6 Å². The van der Waals surface area contributed by atoms with Gasteiger partial charge in [-0.25, -0.2) is 0 Å². The highest BCUT2D eigenvalue weighted by molar-refractivity contribution is 6.34. The number of rotatable bonds is 4. The van der Waals surface area contributed by atoms with Crippen LogP contribution in [0, 0.1) is 13.8 Å². The van der Waals surface area contributed by atoms with Crippen LogP contribution in [0.4, 0.5) is 0 Å². The minimum absolute atomic E-state index is 0.159. The fourth-order valence-electron chi connectivity index (χ4n) is 5.80. The van der Waals surface area contributed by atoms with Gasteiger partial charge in [-0.2, -0.15) is 5.10 Å². The van der Waals surface area contributed by atoms with Crippen LogP contribution in [0.2, 0.25) is 10.0 Å². The quantitative estimate of drug-likeness (QED) is 0.315. The summed E-state index contributed by atoms with van der Waals surface area (Å²) in [4.78, 5) is 7.23. The molecule has 1 N–H and O–H groups in total. The largest absolute Gasteiger partial charge is 0.358 e. The van der Waals surface area contributed by atoms with Crippen molar-refractivity contribution in [1.82, 2.24) is 20.1 Å². The monoisotopic (exact) mass is 518 g/mol. The first-order valence-electron chi connectivity index (χ1n) is 12.3. The Labute approximate surface area is 221 Å². The molecule has 36 heavy (non-hydrogen) atoms. The number of piperidine rings is 1. The number of hydrogen-bond donors (Lipinski definition) is 1. The number of H-pyrrole nitrogens is 1. The Morgan fingerprint density at radius 2 is 1.78 bits per heavy atom. The van der Waals surface area contributed by atoms with Crippen molar-refractivity contribution in [3.63, 3.8) is 0 Å². The Kier molecular flexibility index (Phi) is 6.12. The third-order valence-corrected chi connectivity index (χ3v) is 7.99. The Morgan fingerprint density at radius 1 is 1.03 bits per heavy atom. The summed E-state index contributed by atoms with van der Waals surface area (Å²) in [6, 6.07) is 18.6. The molecule has 4 aromatic rings. The van der Waals surface area contributed by atoms with E-state index < -0.39 is 0 Å². The average molecular weight is 519 g/mol. The van der Waals surface area contributed by atoms with E-state index >= 15 is 0 Å². The molecule has 5 nitrogen and oxygen atoms in total. The molecule has 6 rings (SSSR count). The van der Waals surface area contributed by atoms with Crippen LogP contribution in [-0.4, -0.2) is 33.2 Å². The molecule has 2 aromatic heterocycles. The van der Waals surface area contributed by atoms with Crippen LogP contribution in [0.3, 0.4) is 0 Å². The molecule has 2 aromatic carbocycles. The number of likely N-dealkylation sites (tertiary alicyclic amines) is 1. The smallest absolute Gasteiger partial charge is 0.109 e. The number of aryl methyl sites for hydroxylation is 2. The standard InChI is InChI=1S/C29H28Cl2N4O/c1-18-27(19(2)34-33-18)20-7-8-24(32-16-20)17-35-11-9-29(10-12-35)26-6-4-3-5-25(26)28(36-29)21-13-22(30)15-23(31)14-21/h3-8,13-16,28H,9-12,17H2,1-2H3,(H,33,34). The van der Waals surface area contributed by atoms with Crippen LogP contribution >= 0.6 is 23.2 Å². The van der Waals surface area contributed by atoms with E-state index in [1.165, 1.54) is 11.1 Å². The summed E-state index contributed by atoms with van der Waals surface area (Å²) in [5.74, 6) is 0. The lowest BCUT2D eigenvalue weighted by Crippen LogP contribution is -2.42. The van der Waals surface area contributed by atoms with Crippen molar-refractivity contribution in [2.45, 2.75) is 44.9 Å². The zero-order chi connectivity index (χ0) is 24.9. The molecule has 2 aliphatic rings. The first-order valence-corrected chi connectivity index (χ1v) is 13.1. The van der Waals surface area contributed by atoms with Crippen LogP contribution < -0.4 is 0 Å². The van der Waals surface area contributed by atoms with E-state index in [0.717, 1.165) is 66.2 Å². The van der Waals surface area contributed by atoms with E-state index in [2.05, 4.69) is 51.5 Å². The SMILES string of the molecule is Cc1n[nH]c(C)c1-c1ccc(CN2CCC3(CC2)OC(c2cc(Cl)cc(Cl)c2)c2ccccc23)nc1. The molecule has 1 atom stereocenters. The average Bonchev–Trinajstić information content (AvgIpc) is 3.38. The van der Waals surface area contributed by atoms with E-state index in [1.807, 2.05) is 32.2 Å². The van der Waals surface area contributed by atoms with Crippen LogP contribution in [0.25, 0.3) is 11.1 Å². The molecule has 1 saturated heterocycles. The summed E-state index contributed by atoms with van der Waals surface area (Å²) >= 11 is 12.7. The van der Waals surface area contributed by atoms with E-state index in [4.69, 9.17) is 32.9 Å². The second-order valence-corrected chi connectivity index (χ2v) is 10.8. The molecule has 1 unspecified atom stereocenters. The Hall–Kier alpha value is -2.70. The summed E-state index contributed by atoms with van der Waals surface area (Å²) in [5.41, 5.74) is 8.60. The molecule has 0 bridgehead atoms. The summed E-state index contributed by atoms with van der Waals surface area (Å²) in [6.07, 6.45) is 3.66. The molecule has 0 amide bonds. The number of benzene rings is 2. The third-order valence-electron chi connectivity index (χ3n) is 7.56. The second kappa shape index (κ2) is 9.31. The van der Waals surface area contributed by atoms with Gasteiger partial charge in [0.15, 0.2) is 0 Å². The van der Waals surface area contributed by atoms with Crippen LogP contribution in [0.1, 0.15) is 52.7 Å². The number of pyridine rings is 1. The van der Waals surface area contributed by atoms with Gasteiger partial charge in [0.05, 0.1) is 17.0 Å². The molecule has 1 fully saturated rings. The summed E-state index contributed by atoms with van der Waals surface area (Å²) in [5, 5.41) is 8.62. The Bertz CT molecular complexity index is 1370. The number of aromatic amines is 1. The molecule has 2 aliphatic heterocycles. The maximum atomic E-state index is 6.87. The van der Waals surface area contributed by atoms with E-state index in [0.29, 0.717) is 10.0 Å². The van der Waals surface area contributed by atoms with Crippen molar-refractivity contribution in [3.05, 3.63) is 105 Å². The predicted octanol–water partition coefficient (Wildman–Crippen LogP) is 7.01. The normalized spacial score (nSPS) is 19.1. The lowest BCUT2D eigenvalue weighted by molar-refractivity contribution is -0.0979. The van der Waals surface area contributed by atoms with Crippen molar-refractivity contribution in [2.24, 2.45) is 0 Å². The van der Waals surface area contributed by atoms with Crippen LogP contribution in [0.15, 0.2) is 60.8 Å². The summed E-state index contributed by atoms with van der Waals surface area (Å²) in [7, 11) is 0. The molecule has 1 spiro atoms. The number of nitrogens with one attached hydrogen (secondary N) is 1. The van der Waals surface area contributed by atoms with Gasteiger partial charge in [-0.1, -0.05) is 53.5 Å². The Balaban J connectivity index is 1.17. The van der Waals surface area contributed by atoms with Crippen molar-refractivity contribution < 1.29 is 4.74 Å². The molecular formula is C29H28Cl2N4O. The minimum atomic E-state index is -0.291. The predicted molar refractivity (Wildman–Crippen MR) is 143 cm³/mol. The second-order valence-electron chi connectivity index (χ2n) is 9.91. The van der Waals surface area contributed by atoms with E-state index in [9.17, 15) is 0 Å². The van der Waals surface area contributed by atoms with Crippen LogP contribution in [-0.2, 0) is 16.9 Å². The zero-order valence-corrected chi connectivity index (χ0v) is 21.9. The topological polar surface area (TPSA) is 54.0 Å². The molecule has 184 valence electrons. The fraction of sp³-hybridized carbons (Fsp3) is 0.310. The van der Waals surface area contributed by atoms with Gasteiger partial charge in [0.2, 0.25) is 0 Å². The summed E-state index contributed by atoms with van der Waals surface area (Å²) in [6.45, 7) is 6.78. The number of fused-ring (bicyclic) bond motifs is 2. The number of ether oxygens (including phenoxy) is 1. The fourth-order valence-corrected chi connectivity index (χ4v) is 6.34. The van der Waals surface area contributed by atoms with Gasteiger partial charge in [0.1, 0.15) is 6.10 Å². The maximum absolute atomic E-state index is 6.87.